The number of nitrogens with zero attached hydrogens (tertiary/aromatic N) is 3. The number of hydrogen-bond acceptors (Lipinski definition) is 4. The second-order valence-electron chi connectivity index (χ2n) is 7.21. The van der Waals surface area contributed by atoms with Crippen LogP contribution in [0, 0.1) is 11.8 Å². The molecule has 1 aliphatic heterocycles. The maximum atomic E-state index is 11.9. The van der Waals surface area contributed by atoms with Crippen LogP contribution in [-0.2, 0) is 9.53 Å². The molecule has 2 rings (SSSR count). The van der Waals surface area contributed by atoms with E-state index in [1.165, 1.54) is 12.8 Å². The summed E-state index contributed by atoms with van der Waals surface area (Å²) in [6.45, 7) is 8.31. The van der Waals surface area contributed by atoms with Gasteiger partial charge in [-0.1, -0.05) is 25.1 Å². The van der Waals surface area contributed by atoms with E-state index < -0.39 is 0 Å². The number of guanidine groups is 1. The number of methoxy groups -OCH3 is 1. The molecular weight excluding hydrogens is 467 g/mol. The quantitative estimate of drug-likeness (QED) is 0.195. The third-order valence-electron chi connectivity index (χ3n) is 5.11. The Labute approximate surface area is 186 Å². The zero-order valence-corrected chi connectivity index (χ0v) is 19.9. The van der Waals surface area contributed by atoms with Crippen molar-refractivity contribution in [3.8, 4) is 0 Å². The maximum absolute atomic E-state index is 11.9. The molecule has 0 bridgehead atoms. The predicted molar refractivity (Wildman–Crippen MR) is 127 cm³/mol. The van der Waals surface area contributed by atoms with Crippen molar-refractivity contribution in [2.75, 3.05) is 51.8 Å². The molecule has 1 fully saturated rings. The normalized spacial score (nSPS) is 19.1. The minimum Gasteiger partial charge on any atom is -0.469 e. The van der Waals surface area contributed by atoms with Gasteiger partial charge in [-0.05, 0) is 37.8 Å². The zero-order chi connectivity index (χ0) is 19.6. The highest BCUT2D eigenvalue weighted by Gasteiger charge is 2.36. The number of benzene rings is 1. The van der Waals surface area contributed by atoms with E-state index in [-0.39, 0.29) is 41.8 Å². The van der Waals surface area contributed by atoms with E-state index in [2.05, 4.69) is 60.3 Å². The maximum Gasteiger partial charge on any atom is 0.310 e. The first-order valence-corrected chi connectivity index (χ1v) is 9.94. The summed E-state index contributed by atoms with van der Waals surface area (Å²) in [4.78, 5) is 21.2. The van der Waals surface area contributed by atoms with Crippen molar-refractivity contribution in [3.05, 3.63) is 30.3 Å². The molecule has 6 nitrogen and oxygen atoms in total. The Morgan fingerprint density at radius 2 is 2.00 bits per heavy atom. The number of hydrogen-bond donors (Lipinski definition) is 1. The van der Waals surface area contributed by atoms with Crippen LogP contribution in [0.3, 0.4) is 0 Å². The number of halogens is 1. The van der Waals surface area contributed by atoms with Gasteiger partial charge in [0, 0.05) is 45.5 Å². The van der Waals surface area contributed by atoms with Gasteiger partial charge in [-0.2, -0.15) is 0 Å². The van der Waals surface area contributed by atoms with E-state index >= 15 is 0 Å². The van der Waals surface area contributed by atoms with Crippen LogP contribution in [0.1, 0.15) is 26.7 Å². The summed E-state index contributed by atoms with van der Waals surface area (Å²) in [7, 11) is 3.59. The fourth-order valence-corrected chi connectivity index (χ4v) is 3.48. The lowest BCUT2D eigenvalue weighted by Gasteiger charge is -2.22. The van der Waals surface area contributed by atoms with Crippen LogP contribution in [0.15, 0.2) is 35.3 Å². The Hall–Kier alpha value is -1.51. The standard InChI is InChI=1S/C21H34N4O2.HI/c1-5-22-21(25-15-17(2)19(16-25)20(26)27-4)23-13-9-10-14-24(3)18-11-7-6-8-12-18;/h6-8,11-12,17,19H,5,9-10,13-16H2,1-4H3,(H,22,23);1H. The van der Waals surface area contributed by atoms with Crippen LogP contribution in [0.25, 0.3) is 0 Å². The molecule has 0 saturated carbocycles. The Morgan fingerprint density at radius 3 is 2.64 bits per heavy atom. The van der Waals surface area contributed by atoms with Gasteiger partial charge >= 0.3 is 5.97 Å². The van der Waals surface area contributed by atoms with E-state index in [1.807, 2.05) is 6.07 Å². The summed E-state index contributed by atoms with van der Waals surface area (Å²) < 4.78 is 4.93. The van der Waals surface area contributed by atoms with Crippen LogP contribution < -0.4 is 10.2 Å². The van der Waals surface area contributed by atoms with Gasteiger partial charge in [0.1, 0.15) is 0 Å². The van der Waals surface area contributed by atoms with Crippen molar-refractivity contribution >= 4 is 41.6 Å². The number of likely N-dealkylation sites (tertiary alicyclic amines) is 1. The second-order valence-corrected chi connectivity index (χ2v) is 7.21. The number of anilines is 1. The van der Waals surface area contributed by atoms with E-state index in [1.54, 1.807) is 0 Å². The van der Waals surface area contributed by atoms with Gasteiger partial charge in [0.25, 0.3) is 0 Å². The highest BCUT2D eigenvalue weighted by atomic mass is 127. The molecule has 2 atom stereocenters. The fourth-order valence-electron chi connectivity index (χ4n) is 3.48. The molecule has 0 radical (unpaired) electrons. The van der Waals surface area contributed by atoms with Crippen molar-refractivity contribution in [3.63, 3.8) is 0 Å². The Morgan fingerprint density at radius 1 is 1.29 bits per heavy atom. The zero-order valence-electron chi connectivity index (χ0n) is 17.6. The lowest BCUT2D eigenvalue weighted by Crippen LogP contribution is -2.40. The molecule has 28 heavy (non-hydrogen) atoms. The average Bonchev–Trinajstić information content (AvgIpc) is 3.08. The van der Waals surface area contributed by atoms with Gasteiger partial charge < -0.3 is 19.9 Å². The number of nitrogens with one attached hydrogen (secondary N) is 1. The molecule has 1 heterocycles. The molecule has 0 aliphatic carbocycles. The van der Waals surface area contributed by atoms with E-state index in [0.29, 0.717) is 6.54 Å². The van der Waals surface area contributed by atoms with E-state index in [9.17, 15) is 4.79 Å². The molecule has 1 N–H and O–H groups in total. The van der Waals surface area contributed by atoms with Gasteiger partial charge in [0.05, 0.1) is 13.0 Å². The molecule has 0 aromatic heterocycles. The number of ether oxygens (including phenoxy) is 1. The summed E-state index contributed by atoms with van der Waals surface area (Å²) in [5.74, 6) is 0.996. The largest absolute Gasteiger partial charge is 0.469 e. The first-order valence-electron chi connectivity index (χ1n) is 9.94. The van der Waals surface area contributed by atoms with E-state index in [0.717, 1.165) is 45.0 Å². The van der Waals surface area contributed by atoms with Gasteiger partial charge in [-0.15, -0.1) is 24.0 Å². The number of aliphatic imine (C=N–C) groups is 1. The van der Waals surface area contributed by atoms with Gasteiger partial charge in [-0.3, -0.25) is 9.79 Å². The molecule has 1 aliphatic rings. The van der Waals surface area contributed by atoms with Crippen LogP contribution >= 0.6 is 24.0 Å². The first kappa shape index (κ1) is 24.5. The van der Waals surface area contributed by atoms with Crippen LogP contribution in [0.5, 0.6) is 0 Å². The molecule has 7 heteroatoms. The number of unbranched alkanes of at least 4 members (excludes halogenated alkanes) is 1. The Kier molecular flexibility index (Phi) is 11.3. The Balaban J connectivity index is 0.00000392. The third-order valence-corrected chi connectivity index (χ3v) is 5.11. The lowest BCUT2D eigenvalue weighted by atomic mass is 9.99. The number of para-hydroxylation sites is 1. The first-order chi connectivity index (χ1) is 13.1. The van der Waals surface area contributed by atoms with Crippen molar-refractivity contribution in [2.45, 2.75) is 26.7 Å². The molecule has 1 aromatic carbocycles. The summed E-state index contributed by atoms with van der Waals surface area (Å²) >= 11 is 0. The molecule has 1 saturated heterocycles. The van der Waals surface area contributed by atoms with Gasteiger partial charge in [0.2, 0.25) is 0 Å². The van der Waals surface area contributed by atoms with E-state index in [4.69, 9.17) is 9.73 Å². The monoisotopic (exact) mass is 502 g/mol. The summed E-state index contributed by atoms with van der Waals surface area (Å²) in [5, 5.41) is 3.36. The predicted octanol–water partition coefficient (Wildman–Crippen LogP) is 3.23. The number of carbonyl (C=O) groups excluding carboxylic acids is 1. The summed E-state index contributed by atoms with van der Waals surface area (Å²) in [6, 6.07) is 10.4. The minimum absolute atomic E-state index is 0. The average molecular weight is 502 g/mol. The van der Waals surface area contributed by atoms with Crippen molar-refractivity contribution in [1.82, 2.24) is 10.2 Å². The number of carbonyl (C=O) groups is 1. The van der Waals surface area contributed by atoms with Crippen LogP contribution in [0.4, 0.5) is 5.69 Å². The molecule has 0 amide bonds. The topological polar surface area (TPSA) is 57.2 Å². The van der Waals surface area contributed by atoms with Crippen molar-refractivity contribution in [1.29, 1.82) is 0 Å². The molecule has 0 spiro atoms. The van der Waals surface area contributed by atoms with Gasteiger partial charge in [0.15, 0.2) is 5.96 Å². The Bertz CT molecular complexity index is 612. The summed E-state index contributed by atoms with van der Waals surface area (Å²) in [6.07, 6.45) is 2.13. The molecular formula is C21H35IN4O2. The highest BCUT2D eigenvalue weighted by molar-refractivity contribution is 14.0. The third kappa shape index (κ3) is 7.14. The fraction of sp³-hybridized carbons (Fsp3) is 0.619. The lowest BCUT2D eigenvalue weighted by molar-refractivity contribution is -0.145. The SMILES string of the molecule is CCNC(=NCCCCN(C)c1ccccc1)N1CC(C)C(C(=O)OC)C1.I. The number of rotatable bonds is 8. The van der Waals surface area contributed by atoms with Gasteiger partial charge in [-0.25, -0.2) is 0 Å². The smallest absolute Gasteiger partial charge is 0.310 e. The summed E-state index contributed by atoms with van der Waals surface area (Å²) in [5.41, 5.74) is 1.24. The van der Waals surface area contributed by atoms with Crippen LogP contribution in [0.2, 0.25) is 0 Å². The molecule has 2 unspecified atom stereocenters. The highest BCUT2D eigenvalue weighted by Crippen LogP contribution is 2.24. The molecule has 158 valence electrons. The van der Waals surface area contributed by atoms with Crippen molar-refractivity contribution < 1.29 is 9.53 Å². The second kappa shape index (κ2) is 12.9. The number of esters is 1. The minimum atomic E-state index is -0.121. The van der Waals surface area contributed by atoms with Crippen LogP contribution in [-0.4, -0.2) is 63.7 Å². The van der Waals surface area contributed by atoms with Crippen molar-refractivity contribution in [2.24, 2.45) is 16.8 Å². The molecule has 1 aromatic rings.